The average molecular weight is 245 g/mol. The largest absolute Gasteiger partial charge is 0.496 e. The molecule has 0 aliphatic heterocycles. The normalized spacial score (nSPS) is 10.1. The van der Waals surface area contributed by atoms with Crippen LogP contribution in [0.3, 0.4) is 0 Å². The number of halogens is 1. The van der Waals surface area contributed by atoms with Crippen LogP contribution in [-0.4, -0.2) is 13.7 Å². The molecule has 72 valence electrons. The second-order valence-electron chi connectivity index (χ2n) is 2.66. The highest BCUT2D eigenvalue weighted by Crippen LogP contribution is 2.22. The molecule has 0 heterocycles. The van der Waals surface area contributed by atoms with Crippen LogP contribution in [0.4, 0.5) is 0 Å². The molecule has 0 fully saturated rings. The van der Waals surface area contributed by atoms with Gasteiger partial charge in [0, 0.05) is 11.0 Å². The summed E-state index contributed by atoms with van der Waals surface area (Å²) in [7, 11) is 1.67. The van der Waals surface area contributed by atoms with Gasteiger partial charge in [0.2, 0.25) is 0 Å². The maximum absolute atomic E-state index is 5.21. The van der Waals surface area contributed by atoms with Gasteiger partial charge in [0.05, 0.1) is 7.11 Å². The highest BCUT2D eigenvalue weighted by Gasteiger charge is 2.02. The number of benzene rings is 1. The van der Waals surface area contributed by atoms with E-state index in [1.807, 2.05) is 18.2 Å². The summed E-state index contributed by atoms with van der Waals surface area (Å²) in [6, 6.07) is 5.93. The van der Waals surface area contributed by atoms with E-state index in [0.717, 1.165) is 28.8 Å². The van der Waals surface area contributed by atoms with Crippen LogP contribution in [0, 0.1) is 0 Å². The van der Waals surface area contributed by atoms with Gasteiger partial charge in [-0.3, -0.25) is 11.3 Å². The quantitative estimate of drug-likeness (QED) is 0.623. The van der Waals surface area contributed by atoms with E-state index in [4.69, 9.17) is 10.6 Å². The van der Waals surface area contributed by atoms with Crippen molar-refractivity contribution in [1.29, 1.82) is 0 Å². The first-order valence-corrected chi connectivity index (χ1v) is 4.83. The molecule has 0 aliphatic rings. The lowest BCUT2D eigenvalue weighted by Crippen LogP contribution is -2.24. The van der Waals surface area contributed by atoms with Gasteiger partial charge in [-0.2, -0.15) is 0 Å². The Morgan fingerprint density at radius 3 is 2.92 bits per heavy atom. The summed E-state index contributed by atoms with van der Waals surface area (Å²) in [6.45, 7) is 0.743. The van der Waals surface area contributed by atoms with Crippen LogP contribution in [0.1, 0.15) is 5.56 Å². The summed E-state index contributed by atoms with van der Waals surface area (Å²) in [5.41, 5.74) is 3.76. The van der Waals surface area contributed by atoms with Gasteiger partial charge in [-0.25, -0.2) is 0 Å². The number of rotatable bonds is 4. The fraction of sp³-hybridized carbons (Fsp3) is 0.333. The molecule has 1 rings (SSSR count). The van der Waals surface area contributed by atoms with Crippen molar-refractivity contribution in [2.75, 3.05) is 13.7 Å². The Labute approximate surface area is 86.4 Å². The molecule has 0 spiro atoms. The van der Waals surface area contributed by atoms with Crippen molar-refractivity contribution in [3.8, 4) is 5.75 Å². The van der Waals surface area contributed by atoms with E-state index in [2.05, 4.69) is 21.4 Å². The second kappa shape index (κ2) is 5.21. The molecule has 3 N–H and O–H groups in total. The maximum atomic E-state index is 5.21. The highest BCUT2D eigenvalue weighted by molar-refractivity contribution is 9.10. The molecular formula is C9H13BrN2O. The Balaban J connectivity index is 2.81. The van der Waals surface area contributed by atoms with Crippen LogP contribution >= 0.6 is 15.9 Å². The van der Waals surface area contributed by atoms with Crippen LogP contribution in [-0.2, 0) is 6.42 Å². The zero-order valence-electron chi connectivity index (χ0n) is 7.51. The number of hydrogen-bond donors (Lipinski definition) is 2. The van der Waals surface area contributed by atoms with Gasteiger partial charge < -0.3 is 4.74 Å². The van der Waals surface area contributed by atoms with Crippen molar-refractivity contribution in [2.24, 2.45) is 5.84 Å². The minimum Gasteiger partial charge on any atom is -0.496 e. The molecule has 0 amide bonds. The SMILES string of the molecule is COc1ccc(Br)cc1CCNN. The van der Waals surface area contributed by atoms with E-state index in [9.17, 15) is 0 Å². The fourth-order valence-corrected chi connectivity index (χ4v) is 1.56. The number of methoxy groups -OCH3 is 1. The average Bonchev–Trinajstić information content (AvgIpc) is 2.15. The van der Waals surface area contributed by atoms with Crippen LogP contribution in [0.15, 0.2) is 22.7 Å². The molecule has 0 atom stereocenters. The third kappa shape index (κ3) is 2.99. The lowest BCUT2D eigenvalue weighted by molar-refractivity contribution is 0.409. The standard InChI is InChI=1S/C9H13BrN2O/c1-13-9-3-2-8(10)6-7(9)4-5-12-11/h2-3,6,12H,4-5,11H2,1H3. The molecule has 1 aromatic carbocycles. The predicted molar refractivity (Wildman–Crippen MR) is 56.6 cm³/mol. The monoisotopic (exact) mass is 244 g/mol. The lowest BCUT2D eigenvalue weighted by Gasteiger charge is -2.08. The van der Waals surface area contributed by atoms with E-state index >= 15 is 0 Å². The Morgan fingerprint density at radius 1 is 1.54 bits per heavy atom. The molecule has 4 heteroatoms. The zero-order chi connectivity index (χ0) is 9.68. The van der Waals surface area contributed by atoms with Crippen molar-refractivity contribution in [1.82, 2.24) is 5.43 Å². The van der Waals surface area contributed by atoms with Crippen LogP contribution in [0.5, 0.6) is 5.75 Å². The van der Waals surface area contributed by atoms with Gasteiger partial charge >= 0.3 is 0 Å². The molecule has 0 unspecified atom stereocenters. The van der Waals surface area contributed by atoms with Gasteiger partial charge in [-0.1, -0.05) is 15.9 Å². The minimum absolute atomic E-state index is 0.743. The van der Waals surface area contributed by atoms with Gasteiger partial charge in [-0.05, 0) is 30.2 Å². The third-order valence-electron chi connectivity index (χ3n) is 1.78. The number of nitrogens with one attached hydrogen (secondary N) is 1. The van der Waals surface area contributed by atoms with Crippen molar-refractivity contribution in [3.63, 3.8) is 0 Å². The summed E-state index contributed by atoms with van der Waals surface area (Å²) < 4.78 is 6.26. The molecule has 0 aromatic heterocycles. The predicted octanol–water partition coefficient (Wildman–Crippen LogP) is 1.46. The molecule has 0 saturated heterocycles. The summed E-state index contributed by atoms with van der Waals surface area (Å²) in [5.74, 6) is 6.10. The summed E-state index contributed by atoms with van der Waals surface area (Å²) in [5, 5.41) is 0. The minimum atomic E-state index is 0.743. The van der Waals surface area contributed by atoms with E-state index in [-0.39, 0.29) is 0 Å². The van der Waals surface area contributed by atoms with Gasteiger partial charge in [0.1, 0.15) is 5.75 Å². The van der Waals surface area contributed by atoms with Gasteiger partial charge in [0.25, 0.3) is 0 Å². The molecule has 13 heavy (non-hydrogen) atoms. The summed E-state index contributed by atoms with van der Waals surface area (Å²) in [6.07, 6.45) is 0.860. The Kier molecular flexibility index (Phi) is 4.21. The molecule has 0 bridgehead atoms. The molecule has 0 saturated carbocycles. The number of ether oxygens (including phenoxy) is 1. The highest BCUT2D eigenvalue weighted by atomic mass is 79.9. The smallest absolute Gasteiger partial charge is 0.122 e. The van der Waals surface area contributed by atoms with E-state index in [0.29, 0.717) is 0 Å². The first-order chi connectivity index (χ1) is 6.27. The molecule has 3 nitrogen and oxygen atoms in total. The van der Waals surface area contributed by atoms with E-state index < -0.39 is 0 Å². The van der Waals surface area contributed by atoms with Crippen molar-refractivity contribution in [3.05, 3.63) is 28.2 Å². The van der Waals surface area contributed by atoms with Crippen LogP contribution in [0.25, 0.3) is 0 Å². The van der Waals surface area contributed by atoms with Gasteiger partial charge in [0.15, 0.2) is 0 Å². The number of hydrogen-bond acceptors (Lipinski definition) is 3. The third-order valence-corrected chi connectivity index (χ3v) is 2.27. The van der Waals surface area contributed by atoms with E-state index in [1.54, 1.807) is 7.11 Å². The Morgan fingerprint density at radius 2 is 2.31 bits per heavy atom. The molecule has 0 aliphatic carbocycles. The molecular weight excluding hydrogens is 232 g/mol. The molecule has 0 radical (unpaired) electrons. The second-order valence-corrected chi connectivity index (χ2v) is 3.58. The lowest BCUT2D eigenvalue weighted by atomic mass is 10.1. The molecule has 1 aromatic rings. The van der Waals surface area contributed by atoms with Gasteiger partial charge in [-0.15, -0.1) is 0 Å². The fourth-order valence-electron chi connectivity index (χ4n) is 1.15. The van der Waals surface area contributed by atoms with Crippen molar-refractivity contribution < 1.29 is 4.74 Å². The van der Waals surface area contributed by atoms with Crippen molar-refractivity contribution >= 4 is 15.9 Å². The maximum Gasteiger partial charge on any atom is 0.122 e. The first-order valence-electron chi connectivity index (χ1n) is 4.04. The number of hydrazine groups is 1. The first kappa shape index (κ1) is 10.5. The Hall–Kier alpha value is -0.580. The Bertz CT molecular complexity index is 278. The summed E-state index contributed by atoms with van der Waals surface area (Å²) in [4.78, 5) is 0. The van der Waals surface area contributed by atoms with E-state index in [1.165, 1.54) is 0 Å². The number of nitrogens with two attached hydrogens (primary N) is 1. The summed E-state index contributed by atoms with van der Waals surface area (Å²) >= 11 is 3.41. The van der Waals surface area contributed by atoms with Crippen LogP contribution in [0.2, 0.25) is 0 Å². The zero-order valence-corrected chi connectivity index (χ0v) is 9.10. The topological polar surface area (TPSA) is 47.3 Å². The van der Waals surface area contributed by atoms with Crippen molar-refractivity contribution in [2.45, 2.75) is 6.42 Å². The van der Waals surface area contributed by atoms with Crippen LogP contribution < -0.4 is 16.0 Å².